The molecule has 0 aliphatic carbocycles. The van der Waals surface area contributed by atoms with Crippen molar-refractivity contribution in [3.8, 4) is 5.88 Å². The maximum Gasteiger partial charge on any atom is 0.358 e. The predicted octanol–water partition coefficient (Wildman–Crippen LogP) is 1.73. The second-order valence-corrected chi connectivity index (χ2v) is 3.71. The van der Waals surface area contributed by atoms with Crippen LogP contribution < -0.4 is 4.74 Å². The highest BCUT2D eigenvalue weighted by molar-refractivity contribution is 5.87. The topological polar surface area (TPSA) is 53.4 Å². The fraction of sp³-hybridized carbons (Fsp3) is 0.231. The molecule has 0 amide bonds. The molecule has 0 aliphatic heterocycles. The molecule has 0 radical (unpaired) electrons. The second-order valence-electron chi connectivity index (χ2n) is 3.71. The lowest BCUT2D eigenvalue weighted by molar-refractivity contribution is 0.0593. The van der Waals surface area contributed by atoms with Crippen LogP contribution in [0, 0.1) is 0 Å². The van der Waals surface area contributed by atoms with E-state index >= 15 is 0 Å². The Morgan fingerprint density at radius 3 is 2.61 bits per heavy atom. The van der Waals surface area contributed by atoms with E-state index in [0.717, 1.165) is 5.56 Å². The fourth-order valence-corrected chi connectivity index (χ4v) is 1.64. The van der Waals surface area contributed by atoms with Gasteiger partial charge in [-0.15, -0.1) is 0 Å². The van der Waals surface area contributed by atoms with E-state index in [1.54, 1.807) is 17.9 Å². The first kappa shape index (κ1) is 12.2. The first-order valence-corrected chi connectivity index (χ1v) is 5.48. The van der Waals surface area contributed by atoms with Crippen LogP contribution in [0.5, 0.6) is 5.88 Å². The molecule has 0 bridgehead atoms. The van der Waals surface area contributed by atoms with Crippen LogP contribution >= 0.6 is 0 Å². The third kappa shape index (κ3) is 2.51. The van der Waals surface area contributed by atoms with Gasteiger partial charge in [0, 0.05) is 6.07 Å². The number of carbonyl (C=O) groups excluding carboxylic acids is 1. The van der Waals surface area contributed by atoms with Crippen molar-refractivity contribution in [2.24, 2.45) is 0 Å². The Bertz CT molecular complexity index is 534. The molecule has 0 saturated heterocycles. The third-order valence-electron chi connectivity index (χ3n) is 2.52. The quantitative estimate of drug-likeness (QED) is 0.771. The summed E-state index contributed by atoms with van der Waals surface area (Å²) in [5.41, 5.74) is 1.32. The number of carbonyl (C=O) groups is 1. The summed E-state index contributed by atoms with van der Waals surface area (Å²) in [7, 11) is 2.87. The molecule has 1 heterocycles. The van der Waals surface area contributed by atoms with Gasteiger partial charge in [-0.1, -0.05) is 30.3 Å². The lowest BCUT2D eigenvalue weighted by atomic mass is 10.2. The summed E-state index contributed by atoms with van der Waals surface area (Å²) in [6.07, 6.45) is 0. The average molecular weight is 246 g/mol. The van der Waals surface area contributed by atoms with Crippen LogP contribution in [0.4, 0.5) is 0 Å². The zero-order chi connectivity index (χ0) is 13.0. The van der Waals surface area contributed by atoms with Crippen molar-refractivity contribution in [2.45, 2.75) is 6.54 Å². The van der Waals surface area contributed by atoms with E-state index in [1.165, 1.54) is 7.11 Å². The smallest absolute Gasteiger partial charge is 0.358 e. The lowest BCUT2D eigenvalue weighted by Gasteiger charge is -2.05. The summed E-state index contributed by atoms with van der Waals surface area (Å²) in [5, 5.41) is 4.16. The molecule has 1 aromatic carbocycles. The number of hydrogen-bond acceptors (Lipinski definition) is 4. The highest BCUT2D eigenvalue weighted by atomic mass is 16.5. The third-order valence-corrected chi connectivity index (χ3v) is 2.52. The molecule has 2 aromatic rings. The van der Waals surface area contributed by atoms with E-state index in [0.29, 0.717) is 12.4 Å². The van der Waals surface area contributed by atoms with Crippen LogP contribution in [-0.2, 0) is 11.3 Å². The van der Waals surface area contributed by atoms with Gasteiger partial charge in [0.15, 0.2) is 5.69 Å². The van der Waals surface area contributed by atoms with E-state index in [9.17, 15) is 4.79 Å². The molecule has 0 atom stereocenters. The molecule has 94 valence electrons. The van der Waals surface area contributed by atoms with Gasteiger partial charge in [-0.3, -0.25) is 0 Å². The molecule has 0 unspecified atom stereocenters. The van der Waals surface area contributed by atoms with E-state index in [4.69, 9.17) is 4.74 Å². The van der Waals surface area contributed by atoms with Gasteiger partial charge in [-0.05, 0) is 5.56 Å². The second kappa shape index (κ2) is 5.35. The molecule has 5 heteroatoms. The predicted molar refractivity (Wildman–Crippen MR) is 65.7 cm³/mol. The Morgan fingerprint density at radius 2 is 2.00 bits per heavy atom. The van der Waals surface area contributed by atoms with E-state index < -0.39 is 5.97 Å². The monoisotopic (exact) mass is 246 g/mol. The standard InChI is InChI=1S/C13H14N2O3/c1-17-12-8-11(13(16)18-2)14-15(12)9-10-6-4-3-5-7-10/h3-8H,9H2,1-2H3. The first-order valence-electron chi connectivity index (χ1n) is 5.48. The number of esters is 1. The highest BCUT2D eigenvalue weighted by Gasteiger charge is 2.15. The molecule has 0 N–H and O–H groups in total. The Labute approximate surface area is 105 Å². The Kier molecular flexibility index (Phi) is 3.62. The minimum atomic E-state index is -0.472. The van der Waals surface area contributed by atoms with Gasteiger partial charge in [-0.25, -0.2) is 9.48 Å². The maximum absolute atomic E-state index is 11.4. The van der Waals surface area contributed by atoms with Crippen LogP contribution in [0.25, 0.3) is 0 Å². The number of methoxy groups -OCH3 is 2. The van der Waals surface area contributed by atoms with Gasteiger partial charge in [0.1, 0.15) is 0 Å². The van der Waals surface area contributed by atoms with Crippen LogP contribution in [0.2, 0.25) is 0 Å². The number of nitrogens with zero attached hydrogens (tertiary/aromatic N) is 2. The maximum atomic E-state index is 11.4. The summed E-state index contributed by atoms with van der Waals surface area (Å²) >= 11 is 0. The largest absolute Gasteiger partial charge is 0.481 e. The summed E-state index contributed by atoms with van der Waals surface area (Å²) in [5.74, 6) is 0.0550. The minimum Gasteiger partial charge on any atom is -0.481 e. The van der Waals surface area contributed by atoms with Crippen molar-refractivity contribution in [1.29, 1.82) is 0 Å². The van der Waals surface area contributed by atoms with Gasteiger partial charge in [0.2, 0.25) is 5.88 Å². The summed E-state index contributed by atoms with van der Waals surface area (Å²) in [4.78, 5) is 11.4. The zero-order valence-corrected chi connectivity index (χ0v) is 10.3. The molecule has 5 nitrogen and oxygen atoms in total. The van der Waals surface area contributed by atoms with Crippen LogP contribution in [0.3, 0.4) is 0 Å². The molecule has 0 fully saturated rings. The Morgan fingerprint density at radius 1 is 1.28 bits per heavy atom. The van der Waals surface area contributed by atoms with Crippen LogP contribution in [-0.4, -0.2) is 30.0 Å². The van der Waals surface area contributed by atoms with Gasteiger partial charge in [-0.2, -0.15) is 5.10 Å². The minimum absolute atomic E-state index is 0.241. The average Bonchev–Trinajstić information content (AvgIpc) is 2.82. The first-order chi connectivity index (χ1) is 8.74. The van der Waals surface area contributed by atoms with Gasteiger partial charge < -0.3 is 9.47 Å². The molecule has 0 saturated carbocycles. The zero-order valence-electron chi connectivity index (χ0n) is 10.3. The van der Waals surface area contributed by atoms with Crippen molar-refractivity contribution >= 4 is 5.97 Å². The fourth-order valence-electron chi connectivity index (χ4n) is 1.64. The van der Waals surface area contributed by atoms with E-state index in [2.05, 4.69) is 9.84 Å². The van der Waals surface area contributed by atoms with Crippen LogP contribution in [0.15, 0.2) is 36.4 Å². The molecule has 1 aromatic heterocycles. The van der Waals surface area contributed by atoms with Crippen molar-refractivity contribution in [3.05, 3.63) is 47.7 Å². The summed E-state index contributed by atoms with van der Waals surface area (Å²) < 4.78 is 11.4. The molecular formula is C13H14N2O3. The van der Waals surface area contributed by atoms with Gasteiger partial charge in [0.05, 0.1) is 20.8 Å². The summed E-state index contributed by atoms with van der Waals surface area (Å²) in [6.45, 7) is 0.543. The Hall–Kier alpha value is -2.30. The van der Waals surface area contributed by atoms with Crippen molar-refractivity contribution < 1.29 is 14.3 Å². The number of benzene rings is 1. The molecular weight excluding hydrogens is 232 g/mol. The highest BCUT2D eigenvalue weighted by Crippen LogP contribution is 2.15. The molecule has 0 spiro atoms. The van der Waals surface area contributed by atoms with Gasteiger partial charge in [0.25, 0.3) is 0 Å². The SMILES string of the molecule is COC(=O)c1cc(OC)n(Cc2ccccc2)n1. The molecule has 0 aliphatic rings. The van der Waals surface area contributed by atoms with Crippen LogP contribution in [0.1, 0.15) is 16.1 Å². The van der Waals surface area contributed by atoms with Crippen molar-refractivity contribution in [3.63, 3.8) is 0 Å². The molecule has 2 rings (SSSR count). The Balaban J connectivity index is 2.27. The van der Waals surface area contributed by atoms with Crippen molar-refractivity contribution in [2.75, 3.05) is 14.2 Å². The molecule has 18 heavy (non-hydrogen) atoms. The number of rotatable bonds is 4. The van der Waals surface area contributed by atoms with Gasteiger partial charge >= 0.3 is 5.97 Å². The number of ether oxygens (including phenoxy) is 2. The van der Waals surface area contributed by atoms with E-state index in [1.807, 2.05) is 30.3 Å². The lowest BCUT2D eigenvalue weighted by Crippen LogP contribution is -2.07. The van der Waals surface area contributed by atoms with E-state index in [-0.39, 0.29) is 5.69 Å². The number of aromatic nitrogens is 2. The van der Waals surface area contributed by atoms with Crippen molar-refractivity contribution in [1.82, 2.24) is 9.78 Å². The normalized spacial score (nSPS) is 10.1. The number of hydrogen-bond donors (Lipinski definition) is 0. The summed E-state index contributed by atoms with van der Waals surface area (Å²) in [6, 6.07) is 11.4.